The van der Waals surface area contributed by atoms with Crippen molar-refractivity contribution in [2.45, 2.75) is 26.7 Å². The molecule has 0 radical (unpaired) electrons. The molecule has 0 spiro atoms. The molecule has 0 aliphatic rings. The Hall–Kier alpha value is -2.17. The van der Waals surface area contributed by atoms with Gasteiger partial charge in [0.25, 0.3) is 0 Å². The summed E-state index contributed by atoms with van der Waals surface area (Å²) in [6.45, 7) is 5.51. The monoisotopic (exact) mass is 288 g/mol. The van der Waals surface area contributed by atoms with Gasteiger partial charge in [0.15, 0.2) is 0 Å². The quantitative estimate of drug-likeness (QED) is 0.820. The number of rotatable bonds is 7. The Kier molecular flexibility index (Phi) is 5.49. The number of hydrogen-bond acceptors (Lipinski definition) is 4. The molecule has 0 bridgehead atoms. The molecule has 0 aliphatic heterocycles. The minimum Gasteiger partial charge on any atom is -0.370 e. The van der Waals surface area contributed by atoms with Crippen LogP contribution in [-0.2, 0) is 6.42 Å². The molecular formula is C16H21FN4. The van der Waals surface area contributed by atoms with Gasteiger partial charge in [0, 0.05) is 24.8 Å². The molecule has 1 aromatic carbocycles. The highest BCUT2D eigenvalue weighted by molar-refractivity contribution is 5.42. The van der Waals surface area contributed by atoms with Crippen molar-refractivity contribution in [3.05, 3.63) is 47.4 Å². The first-order chi connectivity index (χ1) is 10.2. The molecule has 112 valence electrons. The normalized spacial score (nSPS) is 10.4. The second-order valence-electron chi connectivity index (χ2n) is 4.91. The fraction of sp³-hybridized carbons (Fsp3) is 0.375. The van der Waals surface area contributed by atoms with Crippen molar-refractivity contribution in [1.82, 2.24) is 9.97 Å². The SMILES string of the molecule is CCCNc1cc(C)nc(NCCc2ccccc2F)n1. The van der Waals surface area contributed by atoms with E-state index in [1.54, 1.807) is 12.1 Å². The Morgan fingerprint density at radius 1 is 1.10 bits per heavy atom. The van der Waals surface area contributed by atoms with Gasteiger partial charge >= 0.3 is 0 Å². The van der Waals surface area contributed by atoms with Gasteiger partial charge in [0.1, 0.15) is 11.6 Å². The first-order valence-electron chi connectivity index (χ1n) is 7.26. The van der Waals surface area contributed by atoms with Gasteiger partial charge in [-0.15, -0.1) is 0 Å². The predicted octanol–water partition coefficient (Wildman–Crippen LogP) is 3.40. The van der Waals surface area contributed by atoms with E-state index in [-0.39, 0.29) is 5.82 Å². The number of aromatic nitrogens is 2. The molecule has 2 rings (SSSR count). The van der Waals surface area contributed by atoms with E-state index in [1.807, 2.05) is 19.1 Å². The molecule has 2 N–H and O–H groups in total. The molecule has 1 heterocycles. The molecule has 0 saturated heterocycles. The largest absolute Gasteiger partial charge is 0.370 e. The minimum absolute atomic E-state index is 0.172. The first kappa shape index (κ1) is 15.2. The zero-order chi connectivity index (χ0) is 15.1. The molecule has 0 amide bonds. The van der Waals surface area contributed by atoms with Gasteiger partial charge in [-0.05, 0) is 31.4 Å². The smallest absolute Gasteiger partial charge is 0.224 e. The summed E-state index contributed by atoms with van der Waals surface area (Å²) in [4.78, 5) is 8.74. The van der Waals surface area contributed by atoms with E-state index in [4.69, 9.17) is 0 Å². The molecule has 4 nitrogen and oxygen atoms in total. The molecule has 0 saturated carbocycles. The van der Waals surface area contributed by atoms with Crippen molar-refractivity contribution in [1.29, 1.82) is 0 Å². The zero-order valence-corrected chi connectivity index (χ0v) is 12.5. The van der Waals surface area contributed by atoms with Crippen LogP contribution < -0.4 is 10.6 Å². The summed E-state index contributed by atoms with van der Waals surface area (Å²) in [6, 6.07) is 8.72. The van der Waals surface area contributed by atoms with Crippen molar-refractivity contribution in [3.63, 3.8) is 0 Å². The average Bonchev–Trinajstić information content (AvgIpc) is 2.47. The number of halogens is 1. The highest BCUT2D eigenvalue weighted by atomic mass is 19.1. The molecule has 0 fully saturated rings. The van der Waals surface area contributed by atoms with Crippen molar-refractivity contribution in [2.75, 3.05) is 23.7 Å². The molecule has 0 aliphatic carbocycles. The average molecular weight is 288 g/mol. The molecular weight excluding hydrogens is 267 g/mol. The third-order valence-electron chi connectivity index (χ3n) is 3.05. The summed E-state index contributed by atoms with van der Waals surface area (Å²) < 4.78 is 13.5. The number of anilines is 2. The molecule has 2 aromatic rings. The maximum atomic E-state index is 13.5. The maximum Gasteiger partial charge on any atom is 0.224 e. The van der Waals surface area contributed by atoms with Crippen LogP contribution in [0.1, 0.15) is 24.6 Å². The lowest BCUT2D eigenvalue weighted by molar-refractivity contribution is 0.610. The topological polar surface area (TPSA) is 49.8 Å². The minimum atomic E-state index is -0.172. The Morgan fingerprint density at radius 3 is 2.67 bits per heavy atom. The summed E-state index contributed by atoms with van der Waals surface area (Å²) in [6.07, 6.45) is 1.64. The predicted molar refractivity (Wildman–Crippen MR) is 84.1 cm³/mol. The lowest BCUT2D eigenvalue weighted by Crippen LogP contribution is -2.11. The zero-order valence-electron chi connectivity index (χ0n) is 12.5. The summed E-state index contributed by atoms with van der Waals surface area (Å²) in [5, 5.41) is 6.39. The fourth-order valence-electron chi connectivity index (χ4n) is 2.00. The Bertz CT molecular complexity index is 586. The number of benzene rings is 1. The first-order valence-corrected chi connectivity index (χ1v) is 7.26. The van der Waals surface area contributed by atoms with Crippen molar-refractivity contribution in [3.8, 4) is 0 Å². The highest BCUT2D eigenvalue weighted by Crippen LogP contribution is 2.11. The summed E-state index contributed by atoms with van der Waals surface area (Å²) in [5.41, 5.74) is 1.60. The van der Waals surface area contributed by atoms with Crippen LogP contribution in [0.15, 0.2) is 30.3 Å². The molecule has 1 aromatic heterocycles. The summed E-state index contributed by atoms with van der Waals surface area (Å²) >= 11 is 0. The van der Waals surface area contributed by atoms with Crippen LogP contribution in [0, 0.1) is 12.7 Å². The number of hydrogen-bond donors (Lipinski definition) is 2. The molecule has 0 unspecified atom stereocenters. The van der Waals surface area contributed by atoms with E-state index < -0.39 is 0 Å². The second-order valence-corrected chi connectivity index (χ2v) is 4.91. The van der Waals surface area contributed by atoms with Crippen LogP contribution in [0.5, 0.6) is 0 Å². The van der Waals surface area contributed by atoms with Gasteiger partial charge in [-0.2, -0.15) is 4.98 Å². The lowest BCUT2D eigenvalue weighted by Gasteiger charge is -2.09. The van der Waals surface area contributed by atoms with Crippen LogP contribution in [-0.4, -0.2) is 23.1 Å². The van der Waals surface area contributed by atoms with E-state index in [2.05, 4.69) is 27.5 Å². The van der Waals surface area contributed by atoms with Crippen molar-refractivity contribution >= 4 is 11.8 Å². The highest BCUT2D eigenvalue weighted by Gasteiger charge is 2.03. The van der Waals surface area contributed by atoms with Crippen molar-refractivity contribution < 1.29 is 4.39 Å². The molecule has 5 heteroatoms. The van der Waals surface area contributed by atoms with E-state index in [0.717, 1.165) is 24.5 Å². The Labute approximate surface area is 124 Å². The van der Waals surface area contributed by atoms with Gasteiger partial charge in [0.05, 0.1) is 0 Å². The van der Waals surface area contributed by atoms with Gasteiger partial charge in [-0.1, -0.05) is 25.1 Å². The van der Waals surface area contributed by atoms with E-state index >= 15 is 0 Å². The third kappa shape index (κ3) is 4.70. The van der Waals surface area contributed by atoms with E-state index in [9.17, 15) is 4.39 Å². The standard InChI is InChI=1S/C16H21FN4/c1-3-9-18-15-11-12(2)20-16(21-15)19-10-8-13-6-4-5-7-14(13)17/h4-7,11H,3,8-10H2,1-2H3,(H2,18,19,20,21). The van der Waals surface area contributed by atoms with Crippen LogP contribution in [0.4, 0.5) is 16.2 Å². The molecule has 0 atom stereocenters. The number of nitrogens with zero attached hydrogens (tertiary/aromatic N) is 2. The van der Waals surface area contributed by atoms with E-state index in [0.29, 0.717) is 24.5 Å². The number of nitrogens with one attached hydrogen (secondary N) is 2. The molecule has 21 heavy (non-hydrogen) atoms. The van der Waals surface area contributed by atoms with Gasteiger partial charge in [-0.3, -0.25) is 0 Å². The van der Waals surface area contributed by atoms with E-state index in [1.165, 1.54) is 6.07 Å². The maximum absolute atomic E-state index is 13.5. The number of aryl methyl sites for hydroxylation is 1. The van der Waals surface area contributed by atoms with Gasteiger partial charge in [-0.25, -0.2) is 9.37 Å². The van der Waals surface area contributed by atoms with Crippen LogP contribution in [0.3, 0.4) is 0 Å². The Balaban J connectivity index is 1.93. The van der Waals surface area contributed by atoms with Gasteiger partial charge < -0.3 is 10.6 Å². The van der Waals surface area contributed by atoms with Gasteiger partial charge in [0.2, 0.25) is 5.95 Å². The van der Waals surface area contributed by atoms with Crippen molar-refractivity contribution in [2.24, 2.45) is 0 Å². The second kappa shape index (κ2) is 7.57. The third-order valence-corrected chi connectivity index (χ3v) is 3.05. The van der Waals surface area contributed by atoms with Crippen LogP contribution >= 0.6 is 0 Å². The van der Waals surface area contributed by atoms with Crippen LogP contribution in [0.25, 0.3) is 0 Å². The summed E-state index contributed by atoms with van der Waals surface area (Å²) in [5.74, 6) is 1.22. The summed E-state index contributed by atoms with van der Waals surface area (Å²) in [7, 11) is 0. The van der Waals surface area contributed by atoms with Crippen LogP contribution in [0.2, 0.25) is 0 Å². The Morgan fingerprint density at radius 2 is 1.90 bits per heavy atom. The fourth-order valence-corrected chi connectivity index (χ4v) is 2.00. The lowest BCUT2D eigenvalue weighted by atomic mass is 10.1.